The molecule has 1 aromatic heterocycles. The van der Waals surface area contributed by atoms with Crippen LogP contribution in [0.25, 0.3) is 0 Å². The van der Waals surface area contributed by atoms with Crippen LogP contribution in [-0.4, -0.2) is 53.4 Å². The van der Waals surface area contributed by atoms with E-state index in [4.69, 9.17) is 0 Å². The normalized spacial score (nSPS) is 16.6. The third-order valence-corrected chi connectivity index (χ3v) is 4.20. The molecule has 0 unspecified atom stereocenters. The molecule has 1 amide bonds. The molecule has 0 aliphatic carbocycles. The largest absolute Gasteiger partial charge is 0.337 e. The number of hydrogen-bond donors (Lipinski definition) is 0. The molecule has 0 aromatic carbocycles. The van der Waals surface area contributed by atoms with Gasteiger partial charge in [-0.2, -0.15) is 0 Å². The van der Waals surface area contributed by atoms with Gasteiger partial charge < -0.3 is 9.80 Å². The molecular weight excluding hydrogens is 250 g/mol. The highest BCUT2D eigenvalue weighted by molar-refractivity contribution is 5.92. The summed E-state index contributed by atoms with van der Waals surface area (Å²) in [6.07, 6.45) is 3.89. The Morgan fingerprint density at radius 3 is 2.55 bits per heavy atom. The van der Waals surface area contributed by atoms with Crippen molar-refractivity contribution in [3.05, 3.63) is 30.1 Å². The van der Waals surface area contributed by atoms with Gasteiger partial charge in [-0.1, -0.05) is 19.9 Å². The third-order valence-electron chi connectivity index (χ3n) is 4.20. The smallest absolute Gasteiger partial charge is 0.272 e. The van der Waals surface area contributed by atoms with Crippen molar-refractivity contribution in [1.29, 1.82) is 0 Å². The number of nitrogens with zero attached hydrogens (tertiary/aromatic N) is 3. The van der Waals surface area contributed by atoms with E-state index in [2.05, 4.69) is 23.7 Å². The van der Waals surface area contributed by atoms with Gasteiger partial charge in [0.05, 0.1) is 0 Å². The van der Waals surface area contributed by atoms with Gasteiger partial charge in [-0.05, 0) is 44.0 Å². The fourth-order valence-electron chi connectivity index (χ4n) is 2.82. The van der Waals surface area contributed by atoms with Gasteiger partial charge in [0, 0.05) is 25.8 Å². The molecule has 0 spiro atoms. The molecule has 0 bridgehead atoms. The Balaban J connectivity index is 1.84. The maximum atomic E-state index is 12.3. The predicted octanol–water partition coefficient (Wildman–Crippen LogP) is 2.28. The van der Waals surface area contributed by atoms with Crippen LogP contribution in [0.2, 0.25) is 0 Å². The lowest BCUT2D eigenvalue weighted by molar-refractivity contribution is 0.0664. The highest BCUT2D eigenvalue weighted by Gasteiger charge is 2.24. The average molecular weight is 275 g/mol. The number of likely N-dealkylation sites (tertiary alicyclic amines) is 1. The number of carbonyl (C=O) groups excluding carboxylic acids is 1. The number of aromatic nitrogens is 1. The summed E-state index contributed by atoms with van der Waals surface area (Å²) in [7, 11) is 0. The first-order chi connectivity index (χ1) is 9.74. The Labute approximate surface area is 121 Å². The van der Waals surface area contributed by atoms with E-state index in [0.29, 0.717) is 5.69 Å². The lowest BCUT2D eigenvalue weighted by atomic mass is 9.96. The Bertz CT molecular complexity index is 409. The molecule has 1 aliphatic rings. The standard InChI is InChI=1S/C16H25N3O/c1-3-18(4-2)13-14-8-11-19(12-9-14)16(20)15-7-5-6-10-17-15/h5-7,10,14H,3-4,8-9,11-13H2,1-2H3. The van der Waals surface area contributed by atoms with E-state index in [1.165, 1.54) is 6.54 Å². The first-order valence-corrected chi connectivity index (χ1v) is 7.67. The molecule has 4 heteroatoms. The number of pyridine rings is 1. The molecular formula is C16H25N3O. The number of hydrogen-bond acceptors (Lipinski definition) is 3. The van der Waals surface area contributed by atoms with Crippen LogP contribution < -0.4 is 0 Å². The van der Waals surface area contributed by atoms with Gasteiger partial charge >= 0.3 is 0 Å². The van der Waals surface area contributed by atoms with Crippen LogP contribution in [0.5, 0.6) is 0 Å². The van der Waals surface area contributed by atoms with Crippen LogP contribution in [-0.2, 0) is 0 Å². The summed E-state index contributed by atoms with van der Waals surface area (Å²) in [6, 6.07) is 5.50. The van der Waals surface area contributed by atoms with E-state index in [-0.39, 0.29) is 5.91 Å². The molecule has 20 heavy (non-hydrogen) atoms. The lowest BCUT2D eigenvalue weighted by Gasteiger charge is -2.34. The number of rotatable bonds is 5. The Morgan fingerprint density at radius 2 is 2.00 bits per heavy atom. The van der Waals surface area contributed by atoms with Crippen LogP contribution in [0, 0.1) is 5.92 Å². The van der Waals surface area contributed by atoms with E-state index >= 15 is 0 Å². The van der Waals surface area contributed by atoms with Gasteiger partial charge in [-0.25, -0.2) is 0 Å². The molecule has 2 rings (SSSR count). The monoisotopic (exact) mass is 275 g/mol. The highest BCUT2D eigenvalue weighted by Crippen LogP contribution is 2.19. The molecule has 1 saturated heterocycles. The minimum Gasteiger partial charge on any atom is -0.337 e. The molecule has 0 N–H and O–H groups in total. The fraction of sp³-hybridized carbons (Fsp3) is 0.625. The lowest BCUT2D eigenvalue weighted by Crippen LogP contribution is -2.41. The summed E-state index contributed by atoms with van der Waals surface area (Å²) < 4.78 is 0. The maximum Gasteiger partial charge on any atom is 0.272 e. The Hall–Kier alpha value is -1.42. The summed E-state index contributed by atoms with van der Waals surface area (Å²) in [5.74, 6) is 0.801. The summed E-state index contributed by atoms with van der Waals surface area (Å²) in [6.45, 7) is 9.54. The number of amides is 1. The van der Waals surface area contributed by atoms with E-state index in [9.17, 15) is 4.79 Å². The second-order valence-corrected chi connectivity index (χ2v) is 5.44. The van der Waals surface area contributed by atoms with Gasteiger partial charge in [-0.15, -0.1) is 0 Å². The van der Waals surface area contributed by atoms with Crippen LogP contribution in [0.3, 0.4) is 0 Å². The summed E-state index contributed by atoms with van der Waals surface area (Å²) in [5.41, 5.74) is 0.565. The fourth-order valence-corrected chi connectivity index (χ4v) is 2.82. The first-order valence-electron chi connectivity index (χ1n) is 7.67. The van der Waals surface area contributed by atoms with Crippen molar-refractivity contribution < 1.29 is 4.79 Å². The van der Waals surface area contributed by atoms with E-state index in [1.54, 1.807) is 12.3 Å². The van der Waals surface area contributed by atoms with Crippen LogP contribution in [0.15, 0.2) is 24.4 Å². The second kappa shape index (κ2) is 7.39. The van der Waals surface area contributed by atoms with Crippen molar-refractivity contribution >= 4 is 5.91 Å². The summed E-state index contributed by atoms with van der Waals surface area (Å²) in [4.78, 5) is 20.9. The van der Waals surface area contributed by atoms with Crippen LogP contribution in [0.1, 0.15) is 37.2 Å². The van der Waals surface area contributed by atoms with Crippen molar-refractivity contribution in [3.63, 3.8) is 0 Å². The second-order valence-electron chi connectivity index (χ2n) is 5.44. The van der Waals surface area contributed by atoms with Gasteiger partial charge in [-0.3, -0.25) is 9.78 Å². The highest BCUT2D eigenvalue weighted by atomic mass is 16.2. The first kappa shape index (κ1) is 15.0. The van der Waals surface area contributed by atoms with E-state index in [1.807, 2.05) is 17.0 Å². The third kappa shape index (κ3) is 3.79. The van der Waals surface area contributed by atoms with Gasteiger partial charge in [0.1, 0.15) is 5.69 Å². The Morgan fingerprint density at radius 1 is 1.30 bits per heavy atom. The molecule has 0 saturated carbocycles. The predicted molar refractivity (Wildman–Crippen MR) is 80.7 cm³/mol. The van der Waals surface area contributed by atoms with Crippen molar-refractivity contribution in [3.8, 4) is 0 Å². The van der Waals surface area contributed by atoms with Gasteiger partial charge in [0.2, 0.25) is 0 Å². The van der Waals surface area contributed by atoms with Gasteiger partial charge in [0.25, 0.3) is 5.91 Å². The molecule has 110 valence electrons. The SMILES string of the molecule is CCN(CC)CC1CCN(C(=O)c2ccccn2)CC1. The average Bonchev–Trinajstić information content (AvgIpc) is 2.53. The molecule has 0 atom stereocenters. The van der Waals surface area contributed by atoms with Crippen molar-refractivity contribution in [2.45, 2.75) is 26.7 Å². The molecule has 1 aliphatic heterocycles. The van der Waals surface area contributed by atoms with Crippen molar-refractivity contribution in [1.82, 2.24) is 14.8 Å². The Kier molecular flexibility index (Phi) is 5.53. The molecule has 1 aromatic rings. The van der Waals surface area contributed by atoms with Crippen LogP contribution in [0.4, 0.5) is 0 Å². The zero-order valence-corrected chi connectivity index (χ0v) is 12.6. The molecule has 2 heterocycles. The molecule has 1 fully saturated rings. The minimum atomic E-state index is 0.0758. The quantitative estimate of drug-likeness (QED) is 0.827. The number of piperidine rings is 1. The zero-order valence-electron chi connectivity index (χ0n) is 12.6. The van der Waals surface area contributed by atoms with E-state index in [0.717, 1.165) is 44.9 Å². The zero-order chi connectivity index (χ0) is 14.4. The van der Waals surface area contributed by atoms with E-state index < -0.39 is 0 Å². The van der Waals surface area contributed by atoms with Crippen LogP contribution >= 0.6 is 0 Å². The summed E-state index contributed by atoms with van der Waals surface area (Å²) >= 11 is 0. The molecule has 4 nitrogen and oxygen atoms in total. The summed E-state index contributed by atoms with van der Waals surface area (Å²) in [5, 5.41) is 0. The molecule has 0 radical (unpaired) electrons. The maximum absolute atomic E-state index is 12.3. The van der Waals surface area contributed by atoms with Gasteiger partial charge in [0.15, 0.2) is 0 Å². The minimum absolute atomic E-state index is 0.0758. The van der Waals surface area contributed by atoms with Crippen molar-refractivity contribution in [2.75, 3.05) is 32.7 Å². The topological polar surface area (TPSA) is 36.4 Å². The number of carbonyl (C=O) groups is 1. The van der Waals surface area contributed by atoms with Crippen molar-refractivity contribution in [2.24, 2.45) is 5.92 Å².